The smallest absolute Gasteiger partial charge is 0.303 e. The molecule has 1 aromatic rings. The quantitative estimate of drug-likeness (QED) is 0.619. The van der Waals surface area contributed by atoms with Gasteiger partial charge in [0.25, 0.3) is 0 Å². The van der Waals surface area contributed by atoms with Gasteiger partial charge >= 0.3 is 5.97 Å². The van der Waals surface area contributed by atoms with Gasteiger partial charge in [0.05, 0.1) is 24.7 Å². The summed E-state index contributed by atoms with van der Waals surface area (Å²) in [6.07, 6.45) is 0.949. The number of thioether (sulfide) groups is 1. The molecule has 2 N–H and O–H groups in total. The Kier molecular flexibility index (Phi) is 9.13. The number of carboxylic acid groups (broad SMARTS) is 1. The Hall–Kier alpha value is -2.06. The van der Waals surface area contributed by atoms with E-state index >= 15 is 0 Å². The molecule has 1 aromatic carbocycles. The van der Waals surface area contributed by atoms with E-state index in [1.54, 1.807) is 4.90 Å². The zero-order valence-corrected chi connectivity index (χ0v) is 16.1. The first-order chi connectivity index (χ1) is 13.0. The molecule has 7 nitrogen and oxygen atoms in total. The molecule has 0 aliphatic carbocycles. The van der Waals surface area contributed by atoms with Gasteiger partial charge in [-0.1, -0.05) is 30.3 Å². The van der Waals surface area contributed by atoms with Crippen molar-refractivity contribution in [3.05, 3.63) is 35.9 Å². The average molecular weight is 394 g/mol. The molecule has 1 aliphatic rings. The molecule has 0 bridgehead atoms. The van der Waals surface area contributed by atoms with Gasteiger partial charge in [0.2, 0.25) is 11.8 Å². The summed E-state index contributed by atoms with van der Waals surface area (Å²) >= 11 is 1.28. The molecular weight excluding hydrogens is 368 g/mol. The third-order valence-electron chi connectivity index (χ3n) is 4.22. The Morgan fingerprint density at radius 1 is 1.15 bits per heavy atom. The average Bonchev–Trinajstić information content (AvgIpc) is 2.67. The van der Waals surface area contributed by atoms with Gasteiger partial charge in [0.1, 0.15) is 0 Å². The van der Waals surface area contributed by atoms with Crippen LogP contribution in [0.5, 0.6) is 0 Å². The Morgan fingerprint density at radius 2 is 1.85 bits per heavy atom. The summed E-state index contributed by atoms with van der Waals surface area (Å²) < 4.78 is 5.22. The van der Waals surface area contributed by atoms with Crippen LogP contribution in [0.15, 0.2) is 30.3 Å². The van der Waals surface area contributed by atoms with E-state index in [1.807, 2.05) is 30.3 Å². The minimum absolute atomic E-state index is 0.000437. The van der Waals surface area contributed by atoms with Crippen LogP contribution in [0.3, 0.4) is 0 Å². The van der Waals surface area contributed by atoms with Crippen molar-refractivity contribution < 1.29 is 24.2 Å². The number of carboxylic acids is 1. The number of carbonyl (C=O) groups excluding carboxylic acids is 2. The van der Waals surface area contributed by atoms with Crippen LogP contribution in [0.4, 0.5) is 0 Å². The molecule has 2 amide bonds. The zero-order valence-electron chi connectivity index (χ0n) is 15.3. The zero-order chi connectivity index (χ0) is 19.5. The Balaban J connectivity index is 1.76. The molecule has 2 rings (SSSR count). The van der Waals surface area contributed by atoms with Gasteiger partial charge in [-0.05, 0) is 18.4 Å². The number of aliphatic carboxylic acids is 1. The molecule has 1 saturated heterocycles. The molecule has 27 heavy (non-hydrogen) atoms. The van der Waals surface area contributed by atoms with Gasteiger partial charge in [-0.25, -0.2) is 0 Å². The van der Waals surface area contributed by atoms with Gasteiger partial charge in [-0.3, -0.25) is 14.4 Å². The fourth-order valence-electron chi connectivity index (χ4n) is 2.83. The lowest BCUT2D eigenvalue weighted by Crippen LogP contribution is -2.42. The maximum Gasteiger partial charge on any atom is 0.303 e. The lowest BCUT2D eigenvalue weighted by molar-refractivity contribution is -0.137. The topological polar surface area (TPSA) is 95.9 Å². The van der Waals surface area contributed by atoms with E-state index < -0.39 is 5.97 Å². The van der Waals surface area contributed by atoms with E-state index in [1.165, 1.54) is 11.8 Å². The number of benzene rings is 1. The minimum Gasteiger partial charge on any atom is -0.481 e. The molecule has 1 atom stereocenters. The van der Waals surface area contributed by atoms with Crippen molar-refractivity contribution in [2.75, 3.05) is 37.8 Å². The predicted octanol–water partition coefficient (Wildman–Crippen LogP) is 1.17. The van der Waals surface area contributed by atoms with Gasteiger partial charge in [-0.15, -0.1) is 11.8 Å². The second-order valence-electron chi connectivity index (χ2n) is 6.37. The van der Waals surface area contributed by atoms with Gasteiger partial charge in [-0.2, -0.15) is 0 Å². The second-order valence-corrected chi connectivity index (χ2v) is 7.36. The fourth-order valence-corrected chi connectivity index (χ4v) is 3.55. The first kappa shape index (κ1) is 21.2. The molecule has 8 heteroatoms. The van der Waals surface area contributed by atoms with E-state index in [-0.39, 0.29) is 35.8 Å². The molecular formula is C19H26N2O5S. The fraction of sp³-hybridized carbons (Fsp3) is 0.526. The van der Waals surface area contributed by atoms with Crippen molar-refractivity contribution in [1.82, 2.24) is 10.2 Å². The Morgan fingerprint density at radius 3 is 2.52 bits per heavy atom. The van der Waals surface area contributed by atoms with Crippen LogP contribution in [-0.2, 0) is 25.5 Å². The molecule has 1 aliphatic heterocycles. The van der Waals surface area contributed by atoms with Crippen LogP contribution in [0.25, 0.3) is 0 Å². The van der Waals surface area contributed by atoms with Gasteiger partial charge in [0.15, 0.2) is 0 Å². The van der Waals surface area contributed by atoms with Crippen LogP contribution < -0.4 is 5.32 Å². The van der Waals surface area contributed by atoms with Crippen molar-refractivity contribution in [2.24, 2.45) is 0 Å². The van der Waals surface area contributed by atoms with Crippen molar-refractivity contribution in [2.45, 2.75) is 25.3 Å². The lowest BCUT2D eigenvalue weighted by Gasteiger charge is -2.26. The van der Waals surface area contributed by atoms with E-state index in [0.29, 0.717) is 39.1 Å². The normalized spacial score (nSPS) is 15.2. The van der Waals surface area contributed by atoms with E-state index in [0.717, 1.165) is 5.56 Å². The van der Waals surface area contributed by atoms with Crippen LogP contribution in [0.1, 0.15) is 18.4 Å². The number of rotatable bonds is 10. The monoisotopic (exact) mass is 394 g/mol. The minimum atomic E-state index is -0.882. The second kappa shape index (κ2) is 11.6. The highest BCUT2D eigenvalue weighted by atomic mass is 32.2. The summed E-state index contributed by atoms with van der Waals surface area (Å²) in [7, 11) is 0. The predicted molar refractivity (Wildman–Crippen MR) is 104 cm³/mol. The number of carbonyl (C=O) groups is 3. The first-order valence-electron chi connectivity index (χ1n) is 9.03. The Labute approximate surface area is 163 Å². The van der Waals surface area contributed by atoms with E-state index in [9.17, 15) is 14.4 Å². The summed E-state index contributed by atoms with van der Waals surface area (Å²) in [4.78, 5) is 36.9. The van der Waals surface area contributed by atoms with Gasteiger partial charge < -0.3 is 20.1 Å². The van der Waals surface area contributed by atoms with E-state index in [2.05, 4.69) is 5.32 Å². The van der Waals surface area contributed by atoms with Crippen molar-refractivity contribution in [3.8, 4) is 0 Å². The van der Waals surface area contributed by atoms with Crippen LogP contribution in [0.2, 0.25) is 0 Å². The molecule has 0 spiro atoms. The number of hydrogen-bond acceptors (Lipinski definition) is 5. The van der Waals surface area contributed by atoms with Crippen molar-refractivity contribution in [1.29, 1.82) is 0 Å². The standard InChI is InChI=1S/C19H26N2O5S/c22-17(13-27-14-18(23)21-8-10-26-11-9-21)20-16(6-7-19(24)25)12-15-4-2-1-3-5-15/h1-5,16H,6-14H2,(H,20,22)(H,24,25). The number of ether oxygens (including phenoxy) is 1. The molecule has 0 saturated carbocycles. The summed E-state index contributed by atoms with van der Waals surface area (Å²) in [6.45, 7) is 2.31. The molecule has 1 unspecified atom stereocenters. The molecule has 0 aromatic heterocycles. The maximum atomic E-state index is 12.2. The summed E-state index contributed by atoms with van der Waals surface area (Å²) in [5, 5.41) is 11.8. The van der Waals surface area contributed by atoms with Crippen molar-refractivity contribution in [3.63, 3.8) is 0 Å². The number of hydrogen-bond donors (Lipinski definition) is 2. The van der Waals surface area contributed by atoms with Crippen molar-refractivity contribution >= 4 is 29.5 Å². The Bertz CT molecular complexity index is 620. The number of nitrogens with zero attached hydrogens (tertiary/aromatic N) is 1. The molecule has 0 radical (unpaired) electrons. The highest BCUT2D eigenvalue weighted by Crippen LogP contribution is 2.10. The maximum absolute atomic E-state index is 12.2. The van der Waals surface area contributed by atoms with E-state index in [4.69, 9.17) is 9.84 Å². The van der Waals surface area contributed by atoms with Gasteiger partial charge in [0, 0.05) is 25.6 Å². The number of nitrogens with one attached hydrogen (secondary N) is 1. The highest BCUT2D eigenvalue weighted by Gasteiger charge is 2.18. The first-order valence-corrected chi connectivity index (χ1v) is 10.2. The highest BCUT2D eigenvalue weighted by molar-refractivity contribution is 8.00. The summed E-state index contributed by atoms with van der Waals surface area (Å²) in [6, 6.07) is 9.41. The summed E-state index contributed by atoms with van der Waals surface area (Å²) in [5.41, 5.74) is 1.04. The molecule has 148 valence electrons. The lowest BCUT2D eigenvalue weighted by atomic mass is 10.0. The number of amides is 2. The van der Waals surface area contributed by atoms with Crippen LogP contribution in [0, 0.1) is 0 Å². The van der Waals surface area contributed by atoms with Crippen LogP contribution >= 0.6 is 11.8 Å². The number of morpholine rings is 1. The summed E-state index contributed by atoms with van der Waals surface area (Å²) in [5.74, 6) is -0.614. The largest absolute Gasteiger partial charge is 0.481 e. The third kappa shape index (κ3) is 8.45. The third-order valence-corrected chi connectivity index (χ3v) is 5.14. The van der Waals surface area contributed by atoms with Crippen LogP contribution in [-0.4, -0.2) is 71.6 Å². The molecule has 1 fully saturated rings. The SMILES string of the molecule is O=C(O)CCC(Cc1ccccc1)NC(=O)CSCC(=O)N1CCOCC1. The molecule has 1 heterocycles.